The number of esters is 1. The number of aliphatic hydroxyl groups is 1. The highest BCUT2D eigenvalue weighted by atomic mass is 16.5. The minimum atomic E-state index is -1.12. The van der Waals surface area contributed by atoms with E-state index in [1.54, 1.807) is 37.1 Å². The number of carboxylic acids is 1. The highest BCUT2D eigenvalue weighted by Crippen LogP contribution is 2.35. The predicted molar refractivity (Wildman–Crippen MR) is 139 cm³/mol. The molecule has 1 aliphatic carbocycles. The van der Waals surface area contributed by atoms with Crippen molar-refractivity contribution < 1.29 is 38.7 Å². The molecule has 0 unspecified atom stereocenters. The molecule has 0 amide bonds. The molecule has 0 saturated heterocycles. The van der Waals surface area contributed by atoms with Gasteiger partial charge in [-0.25, -0.2) is 4.79 Å². The third kappa shape index (κ3) is 5.68. The van der Waals surface area contributed by atoms with Crippen LogP contribution in [0, 0.1) is 6.92 Å². The van der Waals surface area contributed by atoms with E-state index in [2.05, 4.69) is 0 Å². The number of rotatable bonds is 11. The molecule has 200 valence electrons. The number of hydrogen-bond acceptors (Lipinski definition) is 7. The average molecular weight is 522 g/mol. The van der Waals surface area contributed by atoms with Gasteiger partial charge in [-0.3, -0.25) is 4.79 Å². The molecular weight excluding hydrogens is 490 g/mol. The second kappa shape index (κ2) is 11.4. The van der Waals surface area contributed by atoms with Gasteiger partial charge in [0.2, 0.25) is 0 Å². The Kier molecular flexibility index (Phi) is 8.07. The Hall–Kier alpha value is -4.24. The maximum Gasteiger partial charge on any atom is 0.339 e. The Bertz CT molecular complexity index is 1350. The third-order valence-corrected chi connectivity index (χ3v) is 6.61. The Morgan fingerprint density at radius 1 is 1.05 bits per heavy atom. The van der Waals surface area contributed by atoms with E-state index in [1.165, 1.54) is 13.3 Å². The minimum absolute atomic E-state index is 0.122. The van der Waals surface area contributed by atoms with Crippen LogP contribution in [0.15, 0.2) is 54.6 Å². The number of ether oxygens (including phenoxy) is 4. The molecule has 2 N–H and O–H groups in total. The summed E-state index contributed by atoms with van der Waals surface area (Å²) in [6.07, 6.45) is 3.33. The molecule has 0 saturated carbocycles. The van der Waals surface area contributed by atoms with Crippen molar-refractivity contribution in [2.45, 2.75) is 38.5 Å². The molecule has 1 aliphatic rings. The summed E-state index contributed by atoms with van der Waals surface area (Å²) in [5.74, 6) is 0.0884. The Morgan fingerprint density at radius 3 is 2.34 bits per heavy atom. The summed E-state index contributed by atoms with van der Waals surface area (Å²) in [4.78, 5) is 23.7. The fourth-order valence-electron chi connectivity index (χ4n) is 4.68. The lowest BCUT2D eigenvalue weighted by atomic mass is 10.0. The van der Waals surface area contributed by atoms with Crippen LogP contribution in [0.25, 0.3) is 6.08 Å². The fourth-order valence-corrected chi connectivity index (χ4v) is 4.68. The van der Waals surface area contributed by atoms with Crippen molar-refractivity contribution >= 4 is 18.0 Å². The van der Waals surface area contributed by atoms with Gasteiger partial charge in [0.1, 0.15) is 29.5 Å². The molecule has 0 aliphatic heterocycles. The van der Waals surface area contributed by atoms with Gasteiger partial charge < -0.3 is 33.7 Å². The second-order valence-corrected chi connectivity index (χ2v) is 9.09. The topological polar surface area (TPSA) is 116 Å². The summed E-state index contributed by atoms with van der Waals surface area (Å²) in [5.41, 5.74) is 3.94. The van der Waals surface area contributed by atoms with Crippen LogP contribution in [0.1, 0.15) is 44.3 Å². The van der Waals surface area contributed by atoms with E-state index < -0.39 is 24.1 Å². The summed E-state index contributed by atoms with van der Waals surface area (Å²) >= 11 is 0. The van der Waals surface area contributed by atoms with Crippen molar-refractivity contribution in [3.63, 3.8) is 0 Å². The summed E-state index contributed by atoms with van der Waals surface area (Å²) in [5, 5.41) is 20.9. The normalized spacial score (nSPS) is 13.8. The zero-order chi connectivity index (χ0) is 27.4. The van der Waals surface area contributed by atoms with Gasteiger partial charge in [0.15, 0.2) is 0 Å². The maximum absolute atomic E-state index is 12.3. The molecule has 9 nitrogen and oxygen atoms in total. The standard InChI is InChI=1S/C29H31NO8/c1-17-24(35-2)11-20(12-25(17)36-3)28(33)26(38-22-9-18-7-5-6-8-19(18)10-22)16-30-14-21(13-27(31)32)23(15-30)29(34)37-4/h5-9,11-12,14-15,26,28,33H,10,13,16H2,1-4H3,(H,31,32)/t26-,28+/m0/s1. The van der Waals surface area contributed by atoms with E-state index in [0.717, 1.165) is 16.7 Å². The SMILES string of the molecule is COC(=O)c1cn(C[C@H](OC2=Cc3ccccc3C2)[C@H](O)c2cc(OC)c(C)c(OC)c2)cc1CC(=O)O. The number of aromatic nitrogens is 1. The lowest BCUT2D eigenvalue weighted by Crippen LogP contribution is -2.27. The van der Waals surface area contributed by atoms with Crippen LogP contribution in [0.2, 0.25) is 0 Å². The van der Waals surface area contributed by atoms with E-state index in [4.69, 9.17) is 18.9 Å². The fraction of sp³-hybridized carbons (Fsp3) is 0.310. The van der Waals surface area contributed by atoms with E-state index in [-0.39, 0.29) is 18.5 Å². The first-order valence-electron chi connectivity index (χ1n) is 12.1. The van der Waals surface area contributed by atoms with Crippen molar-refractivity contribution in [1.82, 2.24) is 4.57 Å². The van der Waals surface area contributed by atoms with Crippen LogP contribution < -0.4 is 9.47 Å². The second-order valence-electron chi connectivity index (χ2n) is 9.09. The summed E-state index contributed by atoms with van der Waals surface area (Å²) in [6.45, 7) is 1.98. The van der Waals surface area contributed by atoms with Gasteiger partial charge in [0.05, 0.1) is 39.9 Å². The molecule has 2 aromatic carbocycles. The summed E-state index contributed by atoms with van der Waals surface area (Å²) in [6, 6.07) is 11.4. The lowest BCUT2D eigenvalue weighted by Gasteiger charge is -2.26. The third-order valence-electron chi connectivity index (χ3n) is 6.61. The van der Waals surface area contributed by atoms with Crippen LogP contribution in [0.3, 0.4) is 0 Å². The first-order chi connectivity index (χ1) is 18.2. The number of aliphatic hydroxyl groups excluding tert-OH is 1. The number of aliphatic carboxylic acids is 1. The van der Waals surface area contributed by atoms with Crippen LogP contribution in [0.5, 0.6) is 11.5 Å². The lowest BCUT2D eigenvalue weighted by molar-refractivity contribution is -0.136. The van der Waals surface area contributed by atoms with Gasteiger partial charge in [0, 0.05) is 24.4 Å². The first kappa shape index (κ1) is 26.8. The van der Waals surface area contributed by atoms with Gasteiger partial charge in [-0.1, -0.05) is 24.3 Å². The summed E-state index contributed by atoms with van der Waals surface area (Å²) < 4.78 is 23.8. The van der Waals surface area contributed by atoms with E-state index in [1.807, 2.05) is 37.3 Å². The molecule has 1 heterocycles. The number of carbonyl (C=O) groups excluding carboxylic acids is 1. The number of methoxy groups -OCH3 is 3. The van der Waals surface area contributed by atoms with Crippen LogP contribution in [-0.4, -0.2) is 54.2 Å². The smallest absolute Gasteiger partial charge is 0.339 e. The number of hydrogen-bond donors (Lipinski definition) is 2. The van der Waals surface area contributed by atoms with Crippen LogP contribution in [0.4, 0.5) is 0 Å². The number of carbonyl (C=O) groups is 2. The first-order valence-corrected chi connectivity index (χ1v) is 12.1. The molecule has 0 bridgehead atoms. The number of benzene rings is 2. The largest absolute Gasteiger partial charge is 0.496 e. The van der Waals surface area contributed by atoms with Crippen molar-refractivity contribution in [3.8, 4) is 11.5 Å². The van der Waals surface area contributed by atoms with Gasteiger partial charge in [-0.2, -0.15) is 0 Å². The molecule has 0 spiro atoms. The van der Waals surface area contributed by atoms with Crippen molar-refractivity contribution in [1.29, 1.82) is 0 Å². The van der Waals surface area contributed by atoms with Crippen LogP contribution in [-0.2, 0) is 33.7 Å². The molecule has 0 radical (unpaired) electrons. The minimum Gasteiger partial charge on any atom is -0.496 e. The van der Waals surface area contributed by atoms with Crippen molar-refractivity contribution in [2.24, 2.45) is 0 Å². The number of allylic oxidation sites excluding steroid dienone is 1. The monoisotopic (exact) mass is 521 g/mol. The Balaban J connectivity index is 1.70. The van der Waals surface area contributed by atoms with E-state index in [9.17, 15) is 19.8 Å². The number of fused-ring (bicyclic) bond motifs is 1. The Morgan fingerprint density at radius 2 is 1.74 bits per heavy atom. The molecule has 1 aromatic heterocycles. The average Bonchev–Trinajstić information content (AvgIpc) is 3.50. The van der Waals surface area contributed by atoms with Crippen molar-refractivity contribution in [2.75, 3.05) is 21.3 Å². The predicted octanol–water partition coefficient (Wildman–Crippen LogP) is 3.94. The molecule has 0 fully saturated rings. The highest BCUT2D eigenvalue weighted by Gasteiger charge is 2.29. The molecule has 4 rings (SSSR count). The summed E-state index contributed by atoms with van der Waals surface area (Å²) in [7, 11) is 4.33. The number of nitrogens with zero attached hydrogens (tertiary/aromatic N) is 1. The van der Waals surface area contributed by atoms with Crippen molar-refractivity contribution in [3.05, 3.63) is 87.9 Å². The quantitative estimate of drug-likeness (QED) is 0.365. The maximum atomic E-state index is 12.3. The van der Waals surface area contributed by atoms with Gasteiger partial charge in [-0.05, 0) is 47.4 Å². The molecule has 9 heteroatoms. The number of carboxylic acid groups (broad SMARTS) is 1. The zero-order valence-electron chi connectivity index (χ0n) is 21.8. The molecule has 38 heavy (non-hydrogen) atoms. The zero-order valence-corrected chi connectivity index (χ0v) is 21.8. The molecule has 3 aromatic rings. The van der Waals surface area contributed by atoms with Gasteiger partial charge in [0.25, 0.3) is 0 Å². The van der Waals surface area contributed by atoms with Gasteiger partial charge in [-0.15, -0.1) is 0 Å². The van der Waals surface area contributed by atoms with Gasteiger partial charge >= 0.3 is 11.9 Å². The molecule has 2 atom stereocenters. The Labute approximate surface area is 220 Å². The van der Waals surface area contributed by atoms with E-state index >= 15 is 0 Å². The molecular formula is C29H31NO8. The van der Waals surface area contributed by atoms with Crippen LogP contribution >= 0.6 is 0 Å². The van der Waals surface area contributed by atoms with E-state index in [0.29, 0.717) is 34.8 Å². The highest BCUT2D eigenvalue weighted by molar-refractivity contribution is 5.92.